The predicted octanol–water partition coefficient (Wildman–Crippen LogP) is 3.73. The van der Waals surface area contributed by atoms with Crippen molar-refractivity contribution in [3.63, 3.8) is 0 Å². The third-order valence-corrected chi connectivity index (χ3v) is 8.06. The number of hydrogen-bond donors (Lipinski definition) is 1. The number of aryl methyl sites for hydroxylation is 2. The zero-order chi connectivity index (χ0) is 29.1. The van der Waals surface area contributed by atoms with Crippen molar-refractivity contribution in [2.24, 2.45) is 7.05 Å². The summed E-state index contributed by atoms with van der Waals surface area (Å²) in [6, 6.07) is 22.4. The summed E-state index contributed by atoms with van der Waals surface area (Å²) in [7, 11) is 1.89. The zero-order valence-corrected chi connectivity index (χ0v) is 23.9. The van der Waals surface area contributed by atoms with Crippen LogP contribution in [0.4, 0.5) is 0 Å². The summed E-state index contributed by atoms with van der Waals surface area (Å²) in [6.07, 6.45) is 2.41. The number of nitrogens with zero attached hydrogens (tertiary/aromatic N) is 6. The van der Waals surface area contributed by atoms with E-state index in [0.717, 1.165) is 40.5 Å². The van der Waals surface area contributed by atoms with Crippen LogP contribution in [-0.2, 0) is 34.3 Å². The second-order valence-electron chi connectivity index (χ2n) is 10.8. The molecule has 6 rings (SSSR count). The van der Waals surface area contributed by atoms with Crippen LogP contribution in [0.2, 0.25) is 0 Å². The highest BCUT2D eigenvalue weighted by Crippen LogP contribution is 2.26. The monoisotopic (exact) mass is 565 g/mol. The fourth-order valence-corrected chi connectivity index (χ4v) is 5.71. The van der Waals surface area contributed by atoms with Gasteiger partial charge in [0.1, 0.15) is 17.9 Å². The summed E-state index contributed by atoms with van der Waals surface area (Å²) in [5, 5.41) is 11.6. The van der Waals surface area contributed by atoms with Crippen LogP contribution < -0.4 is 5.32 Å². The van der Waals surface area contributed by atoms with Crippen LogP contribution in [0.1, 0.15) is 35.8 Å². The minimum absolute atomic E-state index is 0.0346. The number of benzene rings is 3. The third-order valence-electron chi connectivity index (χ3n) is 8.06. The minimum atomic E-state index is -0.963. The molecule has 1 aliphatic heterocycles. The van der Waals surface area contributed by atoms with Crippen molar-refractivity contribution in [2.45, 2.75) is 44.9 Å². The Hall–Kier alpha value is -4.57. The number of aromatic nitrogens is 5. The first kappa shape index (κ1) is 27.6. The highest BCUT2D eigenvalue weighted by molar-refractivity contribution is 5.90. The molecule has 3 aromatic carbocycles. The van der Waals surface area contributed by atoms with Gasteiger partial charge in [-0.05, 0) is 61.6 Å². The van der Waals surface area contributed by atoms with E-state index >= 15 is 0 Å². The molecule has 1 N–H and O–H groups in total. The maximum atomic E-state index is 14.3. The van der Waals surface area contributed by atoms with Crippen LogP contribution in [0.3, 0.4) is 0 Å². The number of para-hydroxylation sites is 3. The van der Waals surface area contributed by atoms with Gasteiger partial charge in [0.25, 0.3) is 5.91 Å². The standard InChI is InChI=1S/C32H35N7O3/c1-22-10-3-4-11-23(22)17-18-38(29(40)21-39-28-16-8-6-14-26(28)35-36-39)30(32(41)33-20-24-12-9-19-42-24)31-34-25-13-5-7-15-27(25)37(31)2/h3-8,10-11,13-16,24,30H,9,12,17-21H2,1-2H3,(H,33,41)/t24-,30+/m0/s1. The van der Waals surface area contributed by atoms with Gasteiger partial charge in [-0.2, -0.15) is 0 Å². The van der Waals surface area contributed by atoms with Crippen LogP contribution in [0.5, 0.6) is 0 Å². The number of nitrogens with one attached hydrogen (secondary N) is 1. The van der Waals surface area contributed by atoms with Gasteiger partial charge in [-0.25, -0.2) is 9.67 Å². The average molecular weight is 566 g/mol. The number of carbonyl (C=O) groups is 2. The number of hydrogen-bond acceptors (Lipinski definition) is 6. The van der Waals surface area contributed by atoms with Crippen LogP contribution in [0.15, 0.2) is 72.8 Å². The number of imidazole rings is 1. The highest BCUT2D eigenvalue weighted by atomic mass is 16.5. The molecule has 0 spiro atoms. The molecule has 2 aromatic heterocycles. The Balaban J connectivity index is 1.39. The highest BCUT2D eigenvalue weighted by Gasteiger charge is 2.36. The number of rotatable bonds is 10. The summed E-state index contributed by atoms with van der Waals surface area (Å²) >= 11 is 0. The van der Waals surface area contributed by atoms with E-state index in [-0.39, 0.29) is 24.5 Å². The molecule has 5 aromatic rings. The quantitative estimate of drug-likeness (QED) is 0.277. The molecule has 0 saturated carbocycles. The lowest BCUT2D eigenvalue weighted by Crippen LogP contribution is -2.48. The van der Waals surface area contributed by atoms with E-state index in [1.807, 2.05) is 72.3 Å². The molecule has 1 saturated heterocycles. The van der Waals surface area contributed by atoms with Crippen molar-refractivity contribution < 1.29 is 14.3 Å². The Bertz CT molecular complexity index is 1720. The zero-order valence-electron chi connectivity index (χ0n) is 23.9. The molecule has 10 nitrogen and oxygen atoms in total. The molecule has 0 radical (unpaired) electrons. The molecule has 2 atom stereocenters. The summed E-state index contributed by atoms with van der Waals surface area (Å²) in [5.74, 6) is -0.0309. The van der Waals surface area contributed by atoms with Crippen LogP contribution in [0.25, 0.3) is 22.1 Å². The Morgan fingerprint density at radius 2 is 1.76 bits per heavy atom. The Morgan fingerprint density at radius 1 is 1.02 bits per heavy atom. The molecule has 3 heterocycles. The first-order valence-corrected chi connectivity index (χ1v) is 14.4. The topological polar surface area (TPSA) is 107 Å². The lowest BCUT2D eigenvalue weighted by atomic mass is 10.0. The van der Waals surface area contributed by atoms with E-state index in [2.05, 4.69) is 34.7 Å². The molecule has 0 aliphatic carbocycles. The summed E-state index contributed by atoms with van der Waals surface area (Å²) in [5.41, 5.74) is 5.36. The van der Waals surface area contributed by atoms with E-state index in [0.29, 0.717) is 37.5 Å². The smallest absolute Gasteiger partial charge is 0.250 e. The maximum Gasteiger partial charge on any atom is 0.250 e. The van der Waals surface area contributed by atoms with Crippen molar-refractivity contribution in [2.75, 3.05) is 19.7 Å². The average Bonchev–Trinajstić information content (AvgIpc) is 3.75. The molecule has 42 heavy (non-hydrogen) atoms. The summed E-state index contributed by atoms with van der Waals surface area (Å²) in [6.45, 7) is 3.39. The number of ether oxygens (including phenoxy) is 1. The van der Waals surface area contributed by atoms with Gasteiger partial charge in [-0.3, -0.25) is 9.59 Å². The molecule has 1 aliphatic rings. The summed E-state index contributed by atoms with van der Waals surface area (Å²) < 4.78 is 9.26. The Kier molecular flexibility index (Phi) is 7.96. The van der Waals surface area contributed by atoms with E-state index in [4.69, 9.17) is 9.72 Å². The lowest BCUT2D eigenvalue weighted by Gasteiger charge is -2.31. The second kappa shape index (κ2) is 12.1. The number of carbonyl (C=O) groups excluding carboxylic acids is 2. The molecule has 0 unspecified atom stereocenters. The fraction of sp³-hybridized carbons (Fsp3) is 0.344. The number of fused-ring (bicyclic) bond motifs is 2. The molecule has 216 valence electrons. The van der Waals surface area contributed by atoms with Crippen LogP contribution >= 0.6 is 0 Å². The molecule has 2 amide bonds. The van der Waals surface area contributed by atoms with Gasteiger partial charge in [0, 0.05) is 26.7 Å². The molecular formula is C32H35N7O3. The van der Waals surface area contributed by atoms with Gasteiger partial charge >= 0.3 is 0 Å². The van der Waals surface area contributed by atoms with E-state index in [9.17, 15) is 9.59 Å². The van der Waals surface area contributed by atoms with E-state index < -0.39 is 6.04 Å². The largest absolute Gasteiger partial charge is 0.376 e. The normalized spacial score (nSPS) is 15.7. The SMILES string of the molecule is Cc1ccccc1CCN(C(=O)Cn1nnc2ccccc21)[C@@H](C(=O)NC[C@@H]1CCCO1)c1nc2ccccc2n1C. The van der Waals surface area contributed by atoms with Gasteiger partial charge < -0.3 is 19.5 Å². The molecular weight excluding hydrogens is 530 g/mol. The van der Waals surface area contributed by atoms with Crippen molar-refractivity contribution in [1.82, 2.24) is 34.8 Å². The van der Waals surface area contributed by atoms with Crippen LogP contribution in [-0.4, -0.2) is 67.1 Å². The van der Waals surface area contributed by atoms with E-state index in [1.165, 1.54) is 0 Å². The van der Waals surface area contributed by atoms with Gasteiger partial charge in [0.2, 0.25) is 5.91 Å². The van der Waals surface area contributed by atoms with Gasteiger partial charge in [0.15, 0.2) is 6.04 Å². The van der Waals surface area contributed by atoms with Crippen molar-refractivity contribution in [3.05, 3.63) is 89.7 Å². The maximum absolute atomic E-state index is 14.3. The second-order valence-corrected chi connectivity index (χ2v) is 10.8. The van der Waals surface area contributed by atoms with Gasteiger partial charge in [-0.15, -0.1) is 5.10 Å². The Labute approximate surface area is 244 Å². The van der Waals surface area contributed by atoms with Crippen LogP contribution in [0, 0.1) is 6.92 Å². The van der Waals surface area contributed by atoms with E-state index in [1.54, 1.807) is 9.58 Å². The van der Waals surface area contributed by atoms with Gasteiger partial charge in [0.05, 0.1) is 22.7 Å². The predicted molar refractivity (Wildman–Crippen MR) is 160 cm³/mol. The molecule has 0 bridgehead atoms. The molecule has 1 fully saturated rings. The van der Waals surface area contributed by atoms with Crippen molar-refractivity contribution in [1.29, 1.82) is 0 Å². The first-order chi connectivity index (χ1) is 20.5. The van der Waals surface area contributed by atoms with Crippen molar-refractivity contribution in [3.8, 4) is 0 Å². The first-order valence-electron chi connectivity index (χ1n) is 14.4. The van der Waals surface area contributed by atoms with Crippen molar-refractivity contribution >= 4 is 33.9 Å². The lowest BCUT2D eigenvalue weighted by molar-refractivity contribution is -0.142. The molecule has 10 heteroatoms. The Morgan fingerprint density at radius 3 is 2.52 bits per heavy atom. The number of amides is 2. The fourth-order valence-electron chi connectivity index (χ4n) is 5.71. The summed E-state index contributed by atoms with van der Waals surface area (Å²) in [4.78, 5) is 34.9. The third kappa shape index (κ3) is 5.62. The minimum Gasteiger partial charge on any atom is -0.376 e. The van der Waals surface area contributed by atoms with Gasteiger partial charge in [-0.1, -0.05) is 53.7 Å².